The minimum Gasteiger partial charge on any atom is -0.494 e. The molecular formula is C20H22N4O4S. The first kappa shape index (κ1) is 20.4. The van der Waals surface area contributed by atoms with E-state index in [0.29, 0.717) is 36.0 Å². The highest BCUT2D eigenvalue weighted by Crippen LogP contribution is 2.21. The highest BCUT2D eigenvalue weighted by atomic mass is 32.1. The number of amides is 2. The molecule has 3 rings (SSSR count). The second kappa shape index (κ2) is 9.74. The maximum absolute atomic E-state index is 11.9. The van der Waals surface area contributed by atoms with Gasteiger partial charge < -0.3 is 15.2 Å². The number of anilines is 1. The van der Waals surface area contributed by atoms with Crippen molar-refractivity contribution in [3.8, 4) is 11.6 Å². The summed E-state index contributed by atoms with van der Waals surface area (Å²) in [6.45, 7) is 2.69. The molecule has 1 aromatic carbocycles. The maximum atomic E-state index is 11.9. The molecule has 0 saturated heterocycles. The molecule has 0 spiro atoms. The number of aromatic hydroxyl groups is 1. The molecule has 8 nitrogen and oxygen atoms in total. The van der Waals surface area contributed by atoms with Gasteiger partial charge in [-0.2, -0.15) is 0 Å². The number of hydrogen-bond donors (Lipinski definition) is 4. The lowest BCUT2D eigenvalue weighted by molar-refractivity contribution is 0.247. The summed E-state index contributed by atoms with van der Waals surface area (Å²) in [7, 11) is 0. The Morgan fingerprint density at radius 3 is 2.72 bits per heavy atom. The number of aromatic amines is 1. The summed E-state index contributed by atoms with van der Waals surface area (Å²) in [5.41, 5.74) is 2.05. The molecule has 0 aliphatic rings. The van der Waals surface area contributed by atoms with Crippen LogP contribution in [-0.2, 0) is 12.8 Å². The third kappa shape index (κ3) is 6.08. The second-order valence-corrected chi connectivity index (χ2v) is 7.31. The topological polar surface area (TPSA) is 116 Å². The summed E-state index contributed by atoms with van der Waals surface area (Å²) in [5.74, 6) is 1.10. The van der Waals surface area contributed by atoms with Gasteiger partial charge in [-0.15, -0.1) is 0 Å². The summed E-state index contributed by atoms with van der Waals surface area (Å²) < 4.78 is 5.62. The number of pyridine rings is 1. The van der Waals surface area contributed by atoms with E-state index in [1.165, 1.54) is 0 Å². The molecule has 0 saturated carbocycles. The number of thiazole rings is 1. The standard InChI is InChI=1S/C20H22N4O4S/c1-2-13-7-8-21-17(12-13)23-19(26)22-9-10-28-15-5-3-14(4-6-15)11-16-18(25)24-20(27)29-16/h3-8,12,25H,2,9-11H2,1H3,(H,24,27)(H2,21,22,23,26). The van der Waals surface area contributed by atoms with Crippen molar-refractivity contribution in [2.75, 3.05) is 18.5 Å². The minimum atomic E-state index is -0.338. The van der Waals surface area contributed by atoms with Crippen molar-refractivity contribution >= 4 is 23.2 Å². The number of ether oxygens (including phenoxy) is 1. The lowest BCUT2D eigenvalue weighted by Crippen LogP contribution is -2.32. The lowest BCUT2D eigenvalue weighted by atomic mass is 10.1. The Morgan fingerprint density at radius 1 is 1.24 bits per heavy atom. The van der Waals surface area contributed by atoms with E-state index in [1.807, 2.05) is 43.3 Å². The van der Waals surface area contributed by atoms with Gasteiger partial charge in [0.2, 0.25) is 5.88 Å². The number of nitrogens with zero attached hydrogens (tertiary/aromatic N) is 1. The number of aromatic nitrogens is 2. The summed E-state index contributed by atoms with van der Waals surface area (Å²) in [6.07, 6.45) is 3.00. The van der Waals surface area contributed by atoms with E-state index in [9.17, 15) is 14.7 Å². The Kier molecular flexibility index (Phi) is 6.85. The van der Waals surface area contributed by atoms with E-state index in [2.05, 4.69) is 20.6 Å². The largest absolute Gasteiger partial charge is 0.494 e. The molecule has 2 heterocycles. The fraction of sp³-hybridized carbons (Fsp3) is 0.250. The van der Waals surface area contributed by atoms with Crippen LogP contribution in [0.5, 0.6) is 11.6 Å². The molecule has 4 N–H and O–H groups in total. The molecule has 9 heteroatoms. The van der Waals surface area contributed by atoms with Crippen LogP contribution >= 0.6 is 11.3 Å². The zero-order chi connectivity index (χ0) is 20.6. The Morgan fingerprint density at radius 2 is 2.03 bits per heavy atom. The lowest BCUT2D eigenvalue weighted by Gasteiger charge is -2.09. The van der Waals surface area contributed by atoms with Crippen LogP contribution in [0, 0.1) is 0 Å². The fourth-order valence-electron chi connectivity index (χ4n) is 2.62. The van der Waals surface area contributed by atoms with Crippen LogP contribution in [0.1, 0.15) is 22.9 Å². The minimum absolute atomic E-state index is 0.0821. The molecule has 152 valence electrons. The van der Waals surface area contributed by atoms with Gasteiger partial charge in [0.05, 0.1) is 11.4 Å². The van der Waals surface area contributed by atoms with Gasteiger partial charge in [0, 0.05) is 12.6 Å². The van der Waals surface area contributed by atoms with Gasteiger partial charge in [0.1, 0.15) is 18.2 Å². The summed E-state index contributed by atoms with van der Waals surface area (Å²) >= 11 is 0.992. The van der Waals surface area contributed by atoms with Gasteiger partial charge in [-0.1, -0.05) is 30.4 Å². The zero-order valence-electron chi connectivity index (χ0n) is 15.9. The molecule has 0 radical (unpaired) electrons. The molecule has 0 unspecified atom stereocenters. The highest BCUT2D eigenvalue weighted by molar-refractivity contribution is 7.09. The van der Waals surface area contributed by atoms with Gasteiger partial charge in [0.25, 0.3) is 0 Å². The monoisotopic (exact) mass is 414 g/mol. The number of hydrogen-bond acceptors (Lipinski definition) is 6. The molecular weight excluding hydrogens is 392 g/mol. The molecule has 3 aromatic rings. The van der Waals surface area contributed by atoms with Crippen molar-refractivity contribution < 1.29 is 14.6 Å². The van der Waals surface area contributed by atoms with Crippen molar-refractivity contribution in [3.05, 3.63) is 68.3 Å². The second-order valence-electron chi connectivity index (χ2n) is 6.24. The van der Waals surface area contributed by atoms with Crippen molar-refractivity contribution in [2.24, 2.45) is 0 Å². The Balaban J connectivity index is 1.40. The molecule has 0 bridgehead atoms. The maximum Gasteiger partial charge on any atom is 0.320 e. The van der Waals surface area contributed by atoms with Crippen LogP contribution < -0.4 is 20.2 Å². The van der Waals surface area contributed by atoms with Crippen molar-refractivity contribution in [1.29, 1.82) is 0 Å². The van der Waals surface area contributed by atoms with E-state index in [-0.39, 0.29) is 16.8 Å². The number of nitrogens with one attached hydrogen (secondary N) is 3. The van der Waals surface area contributed by atoms with Gasteiger partial charge in [-0.25, -0.2) is 9.78 Å². The van der Waals surface area contributed by atoms with E-state index in [1.54, 1.807) is 6.20 Å². The first-order valence-corrected chi connectivity index (χ1v) is 9.97. The first-order chi connectivity index (χ1) is 14.0. The molecule has 2 aromatic heterocycles. The normalized spacial score (nSPS) is 10.5. The fourth-order valence-corrected chi connectivity index (χ4v) is 3.38. The van der Waals surface area contributed by atoms with Crippen LogP contribution in [0.25, 0.3) is 0 Å². The van der Waals surface area contributed by atoms with Crippen molar-refractivity contribution in [3.63, 3.8) is 0 Å². The number of carbonyl (C=O) groups excluding carboxylic acids is 1. The molecule has 0 aliphatic carbocycles. The number of aryl methyl sites for hydroxylation is 1. The first-order valence-electron chi connectivity index (χ1n) is 9.16. The third-order valence-electron chi connectivity index (χ3n) is 4.12. The summed E-state index contributed by atoms with van der Waals surface area (Å²) in [6, 6.07) is 10.8. The summed E-state index contributed by atoms with van der Waals surface area (Å²) in [5, 5.41) is 15.0. The summed E-state index contributed by atoms with van der Waals surface area (Å²) in [4.78, 5) is 29.9. The molecule has 0 atom stereocenters. The molecule has 2 amide bonds. The molecule has 29 heavy (non-hydrogen) atoms. The van der Waals surface area contributed by atoms with Crippen molar-refractivity contribution in [1.82, 2.24) is 15.3 Å². The Bertz CT molecular complexity index is 1010. The average molecular weight is 414 g/mol. The quantitative estimate of drug-likeness (QED) is 0.423. The zero-order valence-corrected chi connectivity index (χ0v) is 16.7. The number of urea groups is 1. The van der Waals surface area contributed by atoms with Crippen LogP contribution in [0.4, 0.5) is 10.6 Å². The van der Waals surface area contributed by atoms with Gasteiger partial charge in [-0.05, 0) is 41.8 Å². The number of benzene rings is 1. The smallest absolute Gasteiger partial charge is 0.320 e. The van der Waals surface area contributed by atoms with Gasteiger partial charge >= 0.3 is 10.9 Å². The van der Waals surface area contributed by atoms with Gasteiger partial charge in [0.15, 0.2) is 0 Å². The van der Waals surface area contributed by atoms with Crippen LogP contribution in [-0.4, -0.2) is 34.3 Å². The van der Waals surface area contributed by atoms with E-state index in [0.717, 1.165) is 28.9 Å². The molecule has 0 fully saturated rings. The van der Waals surface area contributed by atoms with Crippen molar-refractivity contribution in [2.45, 2.75) is 19.8 Å². The number of rotatable bonds is 8. The average Bonchev–Trinajstić information content (AvgIpc) is 3.03. The predicted molar refractivity (Wildman–Crippen MR) is 112 cm³/mol. The van der Waals surface area contributed by atoms with Crippen LogP contribution in [0.3, 0.4) is 0 Å². The Labute approximate surface area is 171 Å². The Hall–Kier alpha value is -3.33. The van der Waals surface area contributed by atoms with Gasteiger partial charge in [-0.3, -0.25) is 15.1 Å². The number of carbonyl (C=O) groups is 1. The van der Waals surface area contributed by atoms with E-state index >= 15 is 0 Å². The van der Waals surface area contributed by atoms with E-state index in [4.69, 9.17) is 4.74 Å². The number of H-pyrrole nitrogens is 1. The van der Waals surface area contributed by atoms with E-state index < -0.39 is 0 Å². The van der Waals surface area contributed by atoms with Crippen LogP contribution in [0.15, 0.2) is 47.4 Å². The molecule has 0 aliphatic heterocycles. The highest BCUT2D eigenvalue weighted by Gasteiger charge is 2.08. The third-order valence-corrected chi connectivity index (χ3v) is 4.99. The predicted octanol–water partition coefficient (Wildman–Crippen LogP) is 2.89. The SMILES string of the molecule is CCc1ccnc(NC(=O)NCCOc2ccc(Cc3sc(=O)[nH]c3O)cc2)c1. The van der Waals surface area contributed by atoms with Crippen LogP contribution in [0.2, 0.25) is 0 Å².